The first-order chi connectivity index (χ1) is 5.57. The molecule has 0 aliphatic rings. The van der Waals surface area contributed by atoms with Gasteiger partial charge in [-0.25, -0.2) is 8.78 Å². The van der Waals surface area contributed by atoms with Crippen molar-refractivity contribution in [3.05, 3.63) is 28.3 Å². The van der Waals surface area contributed by atoms with E-state index < -0.39 is 17.4 Å². The highest BCUT2D eigenvalue weighted by Crippen LogP contribution is 2.30. The number of hydrogen-bond donors (Lipinski definition) is 2. The van der Waals surface area contributed by atoms with E-state index in [0.29, 0.717) is 6.07 Å². The highest BCUT2D eigenvalue weighted by molar-refractivity contribution is 6.32. The molecule has 0 bridgehead atoms. The van der Waals surface area contributed by atoms with Crippen molar-refractivity contribution in [1.82, 2.24) is 0 Å². The summed E-state index contributed by atoms with van der Waals surface area (Å²) >= 11 is 5.36. The van der Waals surface area contributed by atoms with Gasteiger partial charge in [0, 0.05) is 12.1 Å². The zero-order chi connectivity index (χ0) is 9.30. The third-order valence-electron chi connectivity index (χ3n) is 1.44. The van der Waals surface area contributed by atoms with Gasteiger partial charge < -0.3 is 10.8 Å². The lowest BCUT2D eigenvalue weighted by Crippen LogP contribution is -2.02. The SMILES string of the molecule is NCc1c(O)c(Cl)cc(F)c1F. The number of rotatable bonds is 1. The van der Waals surface area contributed by atoms with Crippen LogP contribution in [0.1, 0.15) is 5.56 Å². The van der Waals surface area contributed by atoms with Crippen molar-refractivity contribution in [2.75, 3.05) is 0 Å². The Bertz CT molecular complexity index is 291. The molecule has 0 aromatic heterocycles. The van der Waals surface area contributed by atoms with Crippen LogP contribution in [0.25, 0.3) is 0 Å². The van der Waals surface area contributed by atoms with Gasteiger partial charge in [0.2, 0.25) is 0 Å². The zero-order valence-electron chi connectivity index (χ0n) is 5.94. The molecule has 0 spiro atoms. The zero-order valence-corrected chi connectivity index (χ0v) is 6.70. The average Bonchev–Trinajstić information content (AvgIpc) is 2.02. The van der Waals surface area contributed by atoms with Gasteiger partial charge in [0.1, 0.15) is 5.75 Å². The number of halogens is 3. The topological polar surface area (TPSA) is 46.2 Å². The molecule has 0 amide bonds. The molecular weight excluding hydrogens is 188 g/mol. The summed E-state index contributed by atoms with van der Waals surface area (Å²) in [5, 5.41) is 8.84. The normalized spacial score (nSPS) is 10.3. The summed E-state index contributed by atoms with van der Waals surface area (Å²) in [4.78, 5) is 0. The van der Waals surface area contributed by atoms with Crippen molar-refractivity contribution < 1.29 is 13.9 Å². The first-order valence-corrected chi connectivity index (χ1v) is 3.51. The molecule has 0 saturated carbocycles. The second-order valence-corrected chi connectivity index (χ2v) is 2.59. The molecule has 2 nitrogen and oxygen atoms in total. The van der Waals surface area contributed by atoms with Crippen molar-refractivity contribution in [2.45, 2.75) is 6.54 Å². The number of hydrogen-bond acceptors (Lipinski definition) is 2. The summed E-state index contributed by atoms with van der Waals surface area (Å²) in [6.07, 6.45) is 0. The third-order valence-corrected chi connectivity index (χ3v) is 1.73. The fourth-order valence-corrected chi connectivity index (χ4v) is 1.03. The van der Waals surface area contributed by atoms with Crippen LogP contribution in [0.5, 0.6) is 5.75 Å². The van der Waals surface area contributed by atoms with Crippen LogP contribution in [0.4, 0.5) is 8.78 Å². The summed E-state index contributed by atoms with van der Waals surface area (Å²) < 4.78 is 25.4. The van der Waals surface area contributed by atoms with E-state index >= 15 is 0 Å². The van der Waals surface area contributed by atoms with Gasteiger partial charge in [0.25, 0.3) is 0 Å². The van der Waals surface area contributed by atoms with Gasteiger partial charge in [-0.3, -0.25) is 0 Å². The highest BCUT2D eigenvalue weighted by Gasteiger charge is 2.15. The van der Waals surface area contributed by atoms with Crippen LogP contribution in [0.2, 0.25) is 5.02 Å². The maximum atomic E-state index is 12.8. The fraction of sp³-hybridized carbons (Fsp3) is 0.143. The summed E-state index contributed by atoms with van der Waals surface area (Å²) in [6, 6.07) is 0.700. The van der Waals surface area contributed by atoms with Crippen molar-refractivity contribution >= 4 is 11.6 Å². The fourth-order valence-electron chi connectivity index (χ4n) is 0.822. The minimum atomic E-state index is -1.15. The molecule has 0 saturated heterocycles. The third kappa shape index (κ3) is 1.35. The molecule has 0 heterocycles. The lowest BCUT2D eigenvalue weighted by atomic mass is 10.2. The Labute approximate surface area is 72.6 Å². The second kappa shape index (κ2) is 3.25. The Morgan fingerprint density at radius 2 is 2.08 bits per heavy atom. The molecule has 0 aliphatic carbocycles. The number of phenolic OH excluding ortho intramolecular Hbond substituents is 1. The first-order valence-electron chi connectivity index (χ1n) is 3.13. The molecule has 1 aromatic rings. The average molecular weight is 194 g/mol. The van der Waals surface area contributed by atoms with E-state index in [1.54, 1.807) is 0 Å². The maximum absolute atomic E-state index is 12.8. The number of phenols is 1. The van der Waals surface area contributed by atoms with Gasteiger partial charge in [-0.1, -0.05) is 11.6 Å². The summed E-state index contributed by atoms with van der Waals surface area (Å²) in [6.45, 7) is -0.296. The number of aromatic hydroxyl groups is 1. The van der Waals surface area contributed by atoms with E-state index in [9.17, 15) is 8.78 Å². The van der Waals surface area contributed by atoms with E-state index in [0.717, 1.165) is 0 Å². The molecule has 1 rings (SSSR count). The Morgan fingerprint density at radius 3 is 2.58 bits per heavy atom. The standard InChI is InChI=1S/C7H6ClF2NO/c8-4-1-5(9)6(10)3(2-11)7(4)12/h1,12H,2,11H2. The Hall–Kier alpha value is -0.870. The van der Waals surface area contributed by atoms with Crippen LogP contribution in [0.3, 0.4) is 0 Å². The van der Waals surface area contributed by atoms with Crippen LogP contribution < -0.4 is 5.73 Å². The molecule has 5 heteroatoms. The Balaban J connectivity index is 3.42. The molecule has 0 aliphatic heterocycles. The van der Waals surface area contributed by atoms with Crippen molar-refractivity contribution in [3.8, 4) is 5.75 Å². The Morgan fingerprint density at radius 1 is 1.50 bits per heavy atom. The molecular formula is C7H6ClF2NO. The molecule has 0 atom stereocenters. The second-order valence-electron chi connectivity index (χ2n) is 2.19. The van der Waals surface area contributed by atoms with Crippen molar-refractivity contribution in [2.24, 2.45) is 5.73 Å². The predicted molar refractivity (Wildman–Crippen MR) is 40.9 cm³/mol. The van der Waals surface area contributed by atoms with Crippen LogP contribution in [-0.4, -0.2) is 5.11 Å². The highest BCUT2D eigenvalue weighted by atomic mass is 35.5. The van der Waals surface area contributed by atoms with Gasteiger partial charge in [0.05, 0.1) is 5.02 Å². The molecule has 66 valence electrons. The van der Waals surface area contributed by atoms with Crippen LogP contribution >= 0.6 is 11.6 Å². The van der Waals surface area contributed by atoms with Gasteiger partial charge >= 0.3 is 0 Å². The quantitative estimate of drug-likeness (QED) is 0.668. The predicted octanol–water partition coefficient (Wildman–Crippen LogP) is 1.78. The smallest absolute Gasteiger partial charge is 0.167 e. The lowest BCUT2D eigenvalue weighted by molar-refractivity contribution is 0.442. The van der Waals surface area contributed by atoms with E-state index in [1.165, 1.54) is 0 Å². The van der Waals surface area contributed by atoms with Gasteiger partial charge in [-0.05, 0) is 6.07 Å². The number of nitrogens with two attached hydrogens (primary N) is 1. The summed E-state index contributed by atoms with van der Waals surface area (Å²) in [5.41, 5.74) is 4.76. The van der Waals surface area contributed by atoms with Gasteiger partial charge in [-0.15, -0.1) is 0 Å². The molecule has 0 fully saturated rings. The maximum Gasteiger partial charge on any atom is 0.167 e. The summed E-state index contributed by atoms with van der Waals surface area (Å²) in [5.74, 6) is -2.77. The first kappa shape index (κ1) is 9.22. The van der Waals surface area contributed by atoms with E-state index in [2.05, 4.69) is 0 Å². The monoisotopic (exact) mass is 193 g/mol. The van der Waals surface area contributed by atoms with E-state index in [4.69, 9.17) is 22.4 Å². The van der Waals surface area contributed by atoms with Gasteiger partial charge in [-0.2, -0.15) is 0 Å². The van der Waals surface area contributed by atoms with Crippen molar-refractivity contribution in [1.29, 1.82) is 0 Å². The minimum absolute atomic E-state index is 0.241. The molecule has 0 radical (unpaired) electrons. The molecule has 12 heavy (non-hydrogen) atoms. The molecule has 0 unspecified atom stereocenters. The lowest BCUT2D eigenvalue weighted by Gasteiger charge is -2.05. The van der Waals surface area contributed by atoms with Crippen LogP contribution in [0, 0.1) is 11.6 Å². The van der Waals surface area contributed by atoms with Crippen LogP contribution in [-0.2, 0) is 6.54 Å². The van der Waals surface area contributed by atoms with Crippen molar-refractivity contribution in [3.63, 3.8) is 0 Å². The molecule has 1 aromatic carbocycles. The molecule has 3 N–H and O–H groups in total. The largest absolute Gasteiger partial charge is 0.506 e. The minimum Gasteiger partial charge on any atom is -0.506 e. The van der Waals surface area contributed by atoms with E-state index in [-0.39, 0.29) is 17.1 Å². The summed E-state index contributed by atoms with van der Waals surface area (Å²) in [7, 11) is 0. The van der Waals surface area contributed by atoms with E-state index in [1.807, 2.05) is 0 Å². The van der Waals surface area contributed by atoms with Crippen LogP contribution in [0.15, 0.2) is 6.07 Å². The Kier molecular flexibility index (Phi) is 2.49. The number of benzene rings is 1. The van der Waals surface area contributed by atoms with Gasteiger partial charge in [0.15, 0.2) is 11.6 Å².